The van der Waals surface area contributed by atoms with Crippen LogP contribution >= 0.6 is 0 Å². The minimum absolute atomic E-state index is 0.202. The van der Waals surface area contributed by atoms with E-state index in [0.29, 0.717) is 0 Å². The van der Waals surface area contributed by atoms with Crippen LogP contribution in [0.25, 0.3) is 5.82 Å². The third kappa shape index (κ3) is 1.77. The molecule has 0 spiro atoms. The molecule has 0 fully saturated rings. The Labute approximate surface area is 104 Å². The number of carboxylic acid groups (broad SMARTS) is 1. The van der Waals surface area contributed by atoms with Crippen LogP contribution < -0.4 is 0 Å². The van der Waals surface area contributed by atoms with Gasteiger partial charge in [0.2, 0.25) is 0 Å². The van der Waals surface area contributed by atoms with Gasteiger partial charge in [-0.25, -0.2) is 14.8 Å². The Morgan fingerprint density at radius 2 is 2.06 bits per heavy atom. The van der Waals surface area contributed by atoms with Gasteiger partial charge in [0.1, 0.15) is 12.1 Å². The van der Waals surface area contributed by atoms with Gasteiger partial charge in [0.15, 0.2) is 0 Å². The van der Waals surface area contributed by atoms with Gasteiger partial charge in [-0.15, -0.1) is 0 Å². The Morgan fingerprint density at radius 1 is 1.22 bits per heavy atom. The van der Waals surface area contributed by atoms with Gasteiger partial charge in [0.05, 0.1) is 11.3 Å². The molecule has 0 aromatic carbocycles. The third-order valence-corrected chi connectivity index (χ3v) is 3.27. The molecule has 2 aromatic rings. The Bertz CT molecular complexity index is 587. The second-order valence-electron chi connectivity index (χ2n) is 4.43. The minimum atomic E-state index is -0.957. The van der Waals surface area contributed by atoms with Crippen molar-refractivity contribution < 1.29 is 9.90 Å². The first kappa shape index (κ1) is 11.0. The summed E-state index contributed by atoms with van der Waals surface area (Å²) in [7, 11) is 0. The van der Waals surface area contributed by atoms with Crippen LogP contribution in [0.4, 0.5) is 0 Å². The molecule has 0 amide bonds. The number of aromatic nitrogens is 3. The smallest absolute Gasteiger partial charge is 0.337 e. The summed E-state index contributed by atoms with van der Waals surface area (Å²) < 4.78 is 1.96. The standard InChI is InChI=1S/C13H13N3O2/c17-13(18)9-5-6-12(14-7-9)16-8-15-10-3-1-2-4-11(10)16/h5-8H,1-4H2,(H,17,18). The molecule has 92 valence electrons. The van der Waals surface area contributed by atoms with Crippen molar-refractivity contribution in [3.8, 4) is 5.82 Å². The van der Waals surface area contributed by atoms with Crippen LogP contribution in [0.1, 0.15) is 34.6 Å². The number of fused-ring (bicyclic) bond motifs is 1. The van der Waals surface area contributed by atoms with E-state index in [9.17, 15) is 4.79 Å². The highest BCUT2D eigenvalue weighted by atomic mass is 16.4. The number of aryl methyl sites for hydroxylation is 1. The number of carboxylic acids is 1. The Balaban J connectivity index is 1.99. The van der Waals surface area contributed by atoms with E-state index in [1.807, 2.05) is 4.57 Å². The van der Waals surface area contributed by atoms with Crippen LogP contribution in [0.15, 0.2) is 24.7 Å². The second-order valence-corrected chi connectivity index (χ2v) is 4.43. The molecule has 2 heterocycles. The third-order valence-electron chi connectivity index (χ3n) is 3.27. The number of pyridine rings is 1. The van der Waals surface area contributed by atoms with Gasteiger partial charge in [0.25, 0.3) is 0 Å². The van der Waals surface area contributed by atoms with Gasteiger partial charge in [-0.2, -0.15) is 0 Å². The van der Waals surface area contributed by atoms with Crippen molar-refractivity contribution in [2.45, 2.75) is 25.7 Å². The molecule has 5 nitrogen and oxygen atoms in total. The molecule has 0 unspecified atom stereocenters. The maximum Gasteiger partial charge on any atom is 0.337 e. The molecule has 0 saturated heterocycles. The molecular formula is C13H13N3O2. The van der Waals surface area contributed by atoms with Crippen LogP contribution in [0.5, 0.6) is 0 Å². The van der Waals surface area contributed by atoms with Crippen molar-refractivity contribution in [3.05, 3.63) is 41.6 Å². The fraction of sp³-hybridized carbons (Fsp3) is 0.308. The summed E-state index contributed by atoms with van der Waals surface area (Å²) in [6, 6.07) is 3.29. The molecule has 0 atom stereocenters. The van der Waals surface area contributed by atoms with E-state index >= 15 is 0 Å². The quantitative estimate of drug-likeness (QED) is 0.873. The Hall–Kier alpha value is -2.17. The normalized spacial score (nSPS) is 14.2. The van der Waals surface area contributed by atoms with E-state index in [2.05, 4.69) is 9.97 Å². The van der Waals surface area contributed by atoms with Crippen LogP contribution in [-0.4, -0.2) is 25.6 Å². The number of imidazole rings is 1. The van der Waals surface area contributed by atoms with Crippen molar-refractivity contribution in [3.63, 3.8) is 0 Å². The van der Waals surface area contributed by atoms with Crippen molar-refractivity contribution in [1.29, 1.82) is 0 Å². The summed E-state index contributed by atoms with van der Waals surface area (Å²) in [5, 5.41) is 8.84. The highest BCUT2D eigenvalue weighted by molar-refractivity contribution is 5.87. The molecule has 3 rings (SSSR count). The molecule has 1 aliphatic rings. The summed E-state index contributed by atoms with van der Waals surface area (Å²) in [5.41, 5.74) is 2.55. The molecule has 18 heavy (non-hydrogen) atoms. The molecule has 1 aliphatic carbocycles. The first-order valence-electron chi connectivity index (χ1n) is 6.00. The number of rotatable bonds is 2. The number of hydrogen-bond donors (Lipinski definition) is 1. The lowest BCUT2D eigenvalue weighted by atomic mass is 10.0. The molecule has 2 aromatic heterocycles. The number of aromatic carboxylic acids is 1. The average Bonchev–Trinajstić information content (AvgIpc) is 2.82. The minimum Gasteiger partial charge on any atom is -0.478 e. The zero-order valence-electron chi connectivity index (χ0n) is 9.83. The van der Waals surface area contributed by atoms with Crippen LogP contribution in [0, 0.1) is 0 Å². The zero-order chi connectivity index (χ0) is 12.5. The van der Waals surface area contributed by atoms with E-state index in [4.69, 9.17) is 5.11 Å². The van der Waals surface area contributed by atoms with Crippen LogP contribution in [0.3, 0.4) is 0 Å². The first-order valence-corrected chi connectivity index (χ1v) is 6.00. The average molecular weight is 243 g/mol. The summed E-state index contributed by atoms with van der Waals surface area (Å²) in [4.78, 5) is 19.4. The number of hydrogen-bond acceptors (Lipinski definition) is 3. The van der Waals surface area contributed by atoms with E-state index in [-0.39, 0.29) is 5.56 Å². The SMILES string of the molecule is O=C(O)c1ccc(-n2cnc3c2CCCC3)nc1. The zero-order valence-corrected chi connectivity index (χ0v) is 9.83. The van der Waals surface area contributed by atoms with Gasteiger partial charge in [-0.1, -0.05) is 0 Å². The highest BCUT2D eigenvalue weighted by Crippen LogP contribution is 2.22. The summed E-state index contributed by atoms with van der Waals surface area (Å²) >= 11 is 0. The fourth-order valence-electron chi connectivity index (χ4n) is 2.32. The maximum absolute atomic E-state index is 10.8. The first-order chi connectivity index (χ1) is 8.75. The number of carbonyl (C=O) groups is 1. The predicted molar refractivity (Wildman–Crippen MR) is 65.0 cm³/mol. The summed E-state index contributed by atoms with van der Waals surface area (Å²) in [5.74, 6) is -0.225. The van der Waals surface area contributed by atoms with Crippen molar-refractivity contribution in [2.75, 3.05) is 0 Å². The Kier molecular flexibility index (Phi) is 2.59. The lowest BCUT2D eigenvalue weighted by Crippen LogP contribution is -2.08. The molecule has 1 N–H and O–H groups in total. The molecular weight excluding hydrogens is 230 g/mol. The maximum atomic E-state index is 10.8. The van der Waals surface area contributed by atoms with Crippen molar-refractivity contribution in [2.24, 2.45) is 0 Å². The van der Waals surface area contributed by atoms with Crippen molar-refractivity contribution in [1.82, 2.24) is 14.5 Å². The monoisotopic (exact) mass is 243 g/mol. The van der Waals surface area contributed by atoms with Gasteiger partial charge in [-0.05, 0) is 37.8 Å². The molecule has 5 heteroatoms. The predicted octanol–water partition coefficient (Wildman–Crippen LogP) is 1.84. The molecule has 0 saturated carbocycles. The lowest BCUT2D eigenvalue weighted by Gasteiger charge is -2.13. The molecule has 0 bridgehead atoms. The second kappa shape index (κ2) is 4.25. The van der Waals surface area contributed by atoms with Crippen molar-refractivity contribution >= 4 is 5.97 Å². The van der Waals surface area contributed by atoms with E-state index < -0.39 is 5.97 Å². The lowest BCUT2D eigenvalue weighted by molar-refractivity contribution is 0.0696. The molecule has 0 aliphatic heterocycles. The van der Waals surface area contributed by atoms with Crippen LogP contribution in [0.2, 0.25) is 0 Å². The van der Waals surface area contributed by atoms with E-state index in [1.165, 1.54) is 24.7 Å². The number of nitrogens with zero attached hydrogens (tertiary/aromatic N) is 3. The van der Waals surface area contributed by atoms with E-state index in [0.717, 1.165) is 24.4 Å². The van der Waals surface area contributed by atoms with Gasteiger partial charge < -0.3 is 5.11 Å². The van der Waals surface area contributed by atoms with Crippen LogP contribution in [-0.2, 0) is 12.8 Å². The molecule has 0 radical (unpaired) electrons. The van der Waals surface area contributed by atoms with E-state index in [1.54, 1.807) is 18.5 Å². The largest absolute Gasteiger partial charge is 0.478 e. The van der Waals surface area contributed by atoms with Gasteiger partial charge in [0, 0.05) is 11.9 Å². The van der Waals surface area contributed by atoms with Gasteiger partial charge in [-0.3, -0.25) is 4.57 Å². The van der Waals surface area contributed by atoms with Gasteiger partial charge >= 0.3 is 5.97 Å². The Morgan fingerprint density at radius 3 is 2.78 bits per heavy atom. The highest BCUT2D eigenvalue weighted by Gasteiger charge is 2.16. The topological polar surface area (TPSA) is 68.0 Å². The fourth-order valence-corrected chi connectivity index (χ4v) is 2.32. The summed E-state index contributed by atoms with van der Waals surface area (Å²) in [6.45, 7) is 0. The summed E-state index contributed by atoms with van der Waals surface area (Å²) in [6.07, 6.45) is 7.56.